The highest BCUT2D eigenvalue weighted by atomic mass is 32.2. The van der Waals surface area contributed by atoms with Crippen molar-refractivity contribution < 1.29 is 0 Å². The molecule has 0 amide bonds. The van der Waals surface area contributed by atoms with Crippen LogP contribution in [0, 0.1) is 0 Å². The Morgan fingerprint density at radius 2 is 1.48 bits per heavy atom. The van der Waals surface area contributed by atoms with E-state index in [1.807, 2.05) is 31.6 Å². The summed E-state index contributed by atoms with van der Waals surface area (Å²) >= 11 is 1.70. The third-order valence-corrected chi connectivity index (χ3v) is 6.44. The molecule has 4 aromatic rings. The summed E-state index contributed by atoms with van der Waals surface area (Å²) in [5.41, 5.74) is 3.88. The summed E-state index contributed by atoms with van der Waals surface area (Å²) < 4.78 is 2.10. The molecule has 0 spiro atoms. The molecule has 0 radical (unpaired) electrons. The Labute approximate surface area is 188 Å². The Bertz CT molecular complexity index is 1030. The van der Waals surface area contributed by atoms with Crippen molar-refractivity contribution in [3.63, 3.8) is 0 Å². The van der Waals surface area contributed by atoms with Gasteiger partial charge in [-0.25, -0.2) is 0 Å². The Morgan fingerprint density at radius 1 is 0.871 bits per heavy atom. The SMILES string of the molecule is CN(Cc1nnc(SCc2ccncc2)n1C)CC(c1ccccc1)c1ccccc1. The number of aromatic nitrogens is 4. The van der Waals surface area contributed by atoms with Gasteiger partial charge in [-0.05, 0) is 35.9 Å². The first-order valence-electron chi connectivity index (χ1n) is 10.4. The summed E-state index contributed by atoms with van der Waals surface area (Å²) in [5, 5.41) is 9.81. The standard InChI is InChI=1S/C25H27N5S/c1-29(17-23(21-9-5-3-6-10-21)22-11-7-4-8-12-22)18-24-27-28-25(30(24)2)31-19-20-13-15-26-16-14-20/h3-16,23H,17-19H2,1-2H3. The molecule has 0 bridgehead atoms. The van der Waals surface area contributed by atoms with Crippen LogP contribution in [0.25, 0.3) is 0 Å². The number of hydrogen-bond acceptors (Lipinski definition) is 5. The van der Waals surface area contributed by atoms with Gasteiger partial charge in [-0.3, -0.25) is 9.88 Å². The predicted molar refractivity (Wildman–Crippen MR) is 126 cm³/mol. The minimum absolute atomic E-state index is 0.307. The topological polar surface area (TPSA) is 46.8 Å². The van der Waals surface area contributed by atoms with Gasteiger partial charge in [0.15, 0.2) is 5.16 Å². The number of likely N-dealkylation sites (N-methyl/N-ethyl adjacent to an activating group) is 1. The molecule has 0 fully saturated rings. The van der Waals surface area contributed by atoms with Gasteiger partial charge in [-0.1, -0.05) is 72.4 Å². The molecule has 2 aromatic heterocycles. The third-order valence-electron chi connectivity index (χ3n) is 5.35. The smallest absolute Gasteiger partial charge is 0.191 e. The summed E-state index contributed by atoms with van der Waals surface area (Å²) in [6.07, 6.45) is 3.64. The van der Waals surface area contributed by atoms with Crippen molar-refractivity contribution in [2.75, 3.05) is 13.6 Å². The minimum atomic E-state index is 0.307. The van der Waals surface area contributed by atoms with Crippen molar-refractivity contribution in [1.82, 2.24) is 24.6 Å². The van der Waals surface area contributed by atoms with E-state index in [0.29, 0.717) is 5.92 Å². The molecule has 6 heteroatoms. The summed E-state index contributed by atoms with van der Waals surface area (Å²) in [6.45, 7) is 1.65. The van der Waals surface area contributed by atoms with Crippen molar-refractivity contribution >= 4 is 11.8 Å². The zero-order valence-corrected chi connectivity index (χ0v) is 18.7. The van der Waals surface area contributed by atoms with E-state index in [4.69, 9.17) is 0 Å². The van der Waals surface area contributed by atoms with Crippen LogP contribution in [0.2, 0.25) is 0 Å². The van der Waals surface area contributed by atoms with Crippen LogP contribution < -0.4 is 0 Å². The number of nitrogens with zero attached hydrogens (tertiary/aromatic N) is 5. The van der Waals surface area contributed by atoms with Crippen LogP contribution in [-0.4, -0.2) is 38.2 Å². The quantitative estimate of drug-likeness (QED) is 0.359. The van der Waals surface area contributed by atoms with E-state index in [9.17, 15) is 0 Å². The highest BCUT2D eigenvalue weighted by molar-refractivity contribution is 7.98. The molecule has 0 saturated carbocycles. The average Bonchev–Trinajstić information content (AvgIpc) is 3.17. The van der Waals surface area contributed by atoms with Gasteiger partial charge in [0, 0.05) is 37.7 Å². The fourth-order valence-corrected chi connectivity index (χ4v) is 4.51. The number of benzene rings is 2. The Hall–Kier alpha value is -2.96. The summed E-state index contributed by atoms with van der Waals surface area (Å²) in [6, 6.07) is 25.5. The molecule has 2 heterocycles. The van der Waals surface area contributed by atoms with Gasteiger partial charge < -0.3 is 4.57 Å². The van der Waals surface area contributed by atoms with Gasteiger partial charge in [0.25, 0.3) is 0 Å². The van der Waals surface area contributed by atoms with Crippen LogP contribution in [-0.2, 0) is 19.3 Å². The summed E-state index contributed by atoms with van der Waals surface area (Å²) in [4.78, 5) is 6.40. The van der Waals surface area contributed by atoms with E-state index >= 15 is 0 Å². The minimum Gasteiger partial charge on any atom is -0.308 e. The molecule has 4 rings (SSSR count). The van der Waals surface area contributed by atoms with Gasteiger partial charge in [-0.2, -0.15) is 0 Å². The molecule has 158 valence electrons. The third kappa shape index (κ3) is 5.60. The van der Waals surface area contributed by atoms with Gasteiger partial charge in [0.2, 0.25) is 0 Å². The molecule has 5 nitrogen and oxygen atoms in total. The lowest BCUT2D eigenvalue weighted by atomic mass is 9.91. The maximum atomic E-state index is 4.46. The first-order chi connectivity index (χ1) is 15.2. The zero-order chi connectivity index (χ0) is 21.5. The lowest BCUT2D eigenvalue weighted by Gasteiger charge is -2.24. The monoisotopic (exact) mass is 429 g/mol. The maximum Gasteiger partial charge on any atom is 0.191 e. The Balaban J connectivity index is 1.43. The van der Waals surface area contributed by atoms with Gasteiger partial charge in [-0.15, -0.1) is 10.2 Å². The van der Waals surface area contributed by atoms with E-state index < -0.39 is 0 Å². The second-order valence-electron chi connectivity index (χ2n) is 7.67. The van der Waals surface area contributed by atoms with Gasteiger partial charge in [0.1, 0.15) is 5.82 Å². The fraction of sp³-hybridized carbons (Fsp3) is 0.240. The normalized spacial score (nSPS) is 11.4. The zero-order valence-electron chi connectivity index (χ0n) is 17.9. The molecule has 0 aliphatic carbocycles. The van der Waals surface area contributed by atoms with Crippen molar-refractivity contribution in [3.8, 4) is 0 Å². The molecule has 2 aromatic carbocycles. The van der Waals surface area contributed by atoms with E-state index in [1.54, 1.807) is 11.8 Å². The Morgan fingerprint density at radius 3 is 2.10 bits per heavy atom. The second-order valence-corrected chi connectivity index (χ2v) is 8.62. The first-order valence-corrected chi connectivity index (χ1v) is 11.4. The van der Waals surface area contributed by atoms with Crippen LogP contribution in [0.5, 0.6) is 0 Å². The Kier molecular flexibility index (Phi) is 7.12. The van der Waals surface area contributed by atoms with E-state index in [0.717, 1.165) is 29.8 Å². The molecule has 0 aliphatic heterocycles. The molecule has 0 saturated heterocycles. The van der Waals surface area contributed by atoms with E-state index in [-0.39, 0.29) is 0 Å². The molecule has 0 atom stereocenters. The van der Waals surface area contributed by atoms with Crippen LogP contribution in [0.3, 0.4) is 0 Å². The number of hydrogen-bond donors (Lipinski definition) is 0. The van der Waals surface area contributed by atoms with Gasteiger partial charge >= 0.3 is 0 Å². The molecule has 0 aliphatic rings. The summed E-state index contributed by atoms with van der Waals surface area (Å²) in [5.74, 6) is 2.13. The van der Waals surface area contributed by atoms with Crippen molar-refractivity contribution in [3.05, 3.63) is 108 Å². The number of thioether (sulfide) groups is 1. The molecular weight excluding hydrogens is 402 g/mol. The number of rotatable bonds is 9. The highest BCUT2D eigenvalue weighted by Gasteiger charge is 2.18. The van der Waals surface area contributed by atoms with E-state index in [2.05, 4.69) is 92.4 Å². The lowest BCUT2D eigenvalue weighted by Crippen LogP contribution is -2.26. The largest absolute Gasteiger partial charge is 0.308 e. The maximum absolute atomic E-state index is 4.46. The van der Waals surface area contributed by atoms with Crippen LogP contribution in [0.1, 0.15) is 28.4 Å². The molecule has 0 unspecified atom stereocenters. The van der Waals surface area contributed by atoms with Crippen molar-refractivity contribution in [2.24, 2.45) is 7.05 Å². The van der Waals surface area contributed by atoms with Crippen LogP contribution in [0.15, 0.2) is 90.3 Å². The predicted octanol–water partition coefficient (Wildman–Crippen LogP) is 4.77. The summed E-state index contributed by atoms with van der Waals surface area (Å²) in [7, 11) is 4.20. The fourth-order valence-electron chi connectivity index (χ4n) is 3.63. The lowest BCUT2D eigenvalue weighted by molar-refractivity contribution is 0.303. The van der Waals surface area contributed by atoms with Gasteiger partial charge in [0.05, 0.1) is 6.54 Å². The number of pyridine rings is 1. The van der Waals surface area contributed by atoms with Crippen LogP contribution >= 0.6 is 11.8 Å². The van der Waals surface area contributed by atoms with Crippen molar-refractivity contribution in [2.45, 2.75) is 23.4 Å². The second kappa shape index (κ2) is 10.4. The van der Waals surface area contributed by atoms with E-state index in [1.165, 1.54) is 16.7 Å². The molecule has 31 heavy (non-hydrogen) atoms. The average molecular weight is 430 g/mol. The first kappa shape index (κ1) is 21.3. The van der Waals surface area contributed by atoms with Crippen LogP contribution in [0.4, 0.5) is 0 Å². The van der Waals surface area contributed by atoms with Crippen molar-refractivity contribution in [1.29, 1.82) is 0 Å². The highest BCUT2D eigenvalue weighted by Crippen LogP contribution is 2.26. The molecular formula is C25H27N5S. The molecule has 0 N–H and O–H groups in total.